The van der Waals surface area contributed by atoms with Crippen LogP contribution in [0.2, 0.25) is 0 Å². The van der Waals surface area contributed by atoms with Crippen molar-refractivity contribution in [1.29, 1.82) is 0 Å². The molecule has 0 N–H and O–H groups in total. The van der Waals surface area contributed by atoms with E-state index in [1.165, 1.54) is 25.7 Å². The third-order valence-corrected chi connectivity index (χ3v) is 4.91. The van der Waals surface area contributed by atoms with Crippen LogP contribution in [0.1, 0.15) is 32.1 Å². The van der Waals surface area contributed by atoms with Gasteiger partial charge in [0.2, 0.25) is 0 Å². The second-order valence-corrected chi connectivity index (χ2v) is 5.89. The molecular weight excluding hydrogens is 304 g/mol. The van der Waals surface area contributed by atoms with E-state index in [1.807, 2.05) is 24.3 Å². The molecule has 0 saturated heterocycles. The second kappa shape index (κ2) is 7.78. The van der Waals surface area contributed by atoms with E-state index in [0.29, 0.717) is 0 Å². The Morgan fingerprint density at radius 3 is 2.53 bits per heavy atom. The number of ether oxygens (including phenoxy) is 2. The average Bonchev–Trinajstić information content (AvgIpc) is 2.98. The maximum atomic E-state index is 5.87. The van der Waals surface area contributed by atoms with E-state index in [1.54, 1.807) is 7.11 Å². The van der Waals surface area contributed by atoms with Crippen molar-refractivity contribution in [1.82, 2.24) is 0 Å². The van der Waals surface area contributed by atoms with E-state index in [-0.39, 0.29) is 0 Å². The van der Waals surface area contributed by atoms with Gasteiger partial charge in [0, 0.05) is 5.33 Å². The van der Waals surface area contributed by atoms with Crippen molar-refractivity contribution in [2.24, 2.45) is 11.8 Å². The summed E-state index contributed by atoms with van der Waals surface area (Å²) in [5, 5.41) is 1.09. The first kappa shape index (κ1) is 14.7. The summed E-state index contributed by atoms with van der Waals surface area (Å²) in [7, 11) is 1.68. The summed E-state index contributed by atoms with van der Waals surface area (Å²) < 4.78 is 11.2. The lowest BCUT2D eigenvalue weighted by Gasteiger charge is -2.21. The lowest BCUT2D eigenvalue weighted by atomic mass is 9.90. The number of para-hydroxylation sites is 2. The maximum absolute atomic E-state index is 5.87. The van der Waals surface area contributed by atoms with Gasteiger partial charge in [0.25, 0.3) is 0 Å². The quantitative estimate of drug-likeness (QED) is 0.678. The molecule has 1 fully saturated rings. The first-order valence-corrected chi connectivity index (χ1v) is 8.29. The predicted molar refractivity (Wildman–Crippen MR) is 82.3 cm³/mol. The zero-order chi connectivity index (χ0) is 13.5. The van der Waals surface area contributed by atoms with E-state index < -0.39 is 0 Å². The largest absolute Gasteiger partial charge is 0.493 e. The van der Waals surface area contributed by atoms with Crippen LogP contribution in [0.25, 0.3) is 0 Å². The molecule has 0 aromatic heterocycles. The zero-order valence-electron chi connectivity index (χ0n) is 11.6. The number of rotatable bonds is 7. The van der Waals surface area contributed by atoms with Crippen molar-refractivity contribution >= 4 is 15.9 Å². The van der Waals surface area contributed by atoms with E-state index in [2.05, 4.69) is 15.9 Å². The lowest BCUT2D eigenvalue weighted by molar-refractivity contribution is 0.241. The van der Waals surface area contributed by atoms with Crippen molar-refractivity contribution in [3.8, 4) is 11.5 Å². The Labute approximate surface area is 124 Å². The molecule has 106 valence electrons. The highest BCUT2D eigenvalue weighted by Gasteiger charge is 2.24. The predicted octanol–water partition coefficient (Wildman–Crippen LogP) is 4.67. The Morgan fingerprint density at radius 2 is 1.89 bits per heavy atom. The first-order valence-electron chi connectivity index (χ1n) is 7.17. The van der Waals surface area contributed by atoms with Crippen LogP contribution in [0.3, 0.4) is 0 Å². The molecule has 1 aromatic carbocycles. The smallest absolute Gasteiger partial charge is 0.161 e. The van der Waals surface area contributed by atoms with Gasteiger partial charge in [-0.2, -0.15) is 0 Å². The van der Waals surface area contributed by atoms with E-state index >= 15 is 0 Å². The summed E-state index contributed by atoms with van der Waals surface area (Å²) in [6.07, 6.45) is 6.72. The number of benzene rings is 1. The highest BCUT2D eigenvalue weighted by molar-refractivity contribution is 9.09. The Morgan fingerprint density at radius 1 is 1.21 bits per heavy atom. The fourth-order valence-electron chi connectivity index (χ4n) is 2.93. The Bertz CT molecular complexity index is 375. The molecule has 0 aliphatic heterocycles. The van der Waals surface area contributed by atoms with E-state index in [9.17, 15) is 0 Å². The van der Waals surface area contributed by atoms with Crippen LogP contribution in [0.5, 0.6) is 11.5 Å². The number of methoxy groups -OCH3 is 1. The molecule has 0 radical (unpaired) electrons. The minimum Gasteiger partial charge on any atom is -0.493 e. The third kappa shape index (κ3) is 4.13. The average molecular weight is 327 g/mol. The standard InChI is InChI=1S/C16H23BrO2/c1-18-15-8-4-5-9-16(15)19-11-10-14(12-17)13-6-2-3-7-13/h4-5,8-9,13-14H,2-3,6-7,10-12H2,1H3. The summed E-state index contributed by atoms with van der Waals surface area (Å²) in [5.74, 6) is 3.31. The molecule has 1 aliphatic rings. The van der Waals surface area contributed by atoms with E-state index in [4.69, 9.17) is 9.47 Å². The van der Waals surface area contributed by atoms with Gasteiger partial charge in [-0.1, -0.05) is 53.7 Å². The zero-order valence-corrected chi connectivity index (χ0v) is 13.2. The van der Waals surface area contributed by atoms with Gasteiger partial charge in [0.15, 0.2) is 11.5 Å². The summed E-state index contributed by atoms with van der Waals surface area (Å²) in [5.41, 5.74) is 0. The summed E-state index contributed by atoms with van der Waals surface area (Å²) in [6, 6.07) is 7.86. The molecule has 1 unspecified atom stereocenters. The molecule has 2 nitrogen and oxygen atoms in total. The molecule has 1 saturated carbocycles. The van der Waals surface area contributed by atoms with Crippen LogP contribution in [0, 0.1) is 11.8 Å². The van der Waals surface area contributed by atoms with Crippen molar-refractivity contribution in [3.63, 3.8) is 0 Å². The Balaban J connectivity index is 1.81. The van der Waals surface area contributed by atoms with Crippen molar-refractivity contribution in [2.75, 3.05) is 19.0 Å². The molecule has 1 aromatic rings. The maximum Gasteiger partial charge on any atom is 0.161 e. The van der Waals surface area contributed by atoms with Crippen LogP contribution < -0.4 is 9.47 Å². The SMILES string of the molecule is COc1ccccc1OCCC(CBr)C1CCCC1. The lowest BCUT2D eigenvalue weighted by Crippen LogP contribution is -2.16. The van der Waals surface area contributed by atoms with Gasteiger partial charge >= 0.3 is 0 Å². The third-order valence-electron chi connectivity index (χ3n) is 4.08. The summed E-state index contributed by atoms with van der Waals surface area (Å²) >= 11 is 3.66. The fraction of sp³-hybridized carbons (Fsp3) is 0.625. The second-order valence-electron chi connectivity index (χ2n) is 5.25. The van der Waals surface area contributed by atoms with Crippen LogP contribution >= 0.6 is 15.9 Å². The first-order chi connectivity index (χ1) is 9.35. The topological polar surface area (TPSA) is 18.5 Å². The van der Waals surface area contributed by atoms with Crippen molar-refractivity contribution in [2.45, 2.75) is 32.1 Å². The molecule has 3 heteroatoms. The van der Waals surface area contributed by atoms with E-state index in [0.717, 1.165) is 41.7 Å². The van der Waals surface area contributed by atoms with Crippen molar-refractivity contribution < 1.29 is 9.47 Å². The van der Waals surface area contributed by atoms with Crippen molar-refractivity contribution in [3.05, 3.63) is 24.3 Å². The Hall–Kier alpha value is -0.700. The van der Waals surface area contributed by atoms with Gasteiger partial charge in [-0.15, -0.1) is 0 Å². The molecule has 19 heavy (non-hydrogen) atoms. The van der Waals surface area contributed by atoms with Gasteiger partial charge < -0.3 is 9.47 Å². The van der Waals surface area contributed by atoms with Gasteiger partial charge in [-0.3, -0.25) is 0 Å². The fourth-order valence-corrected chi connectivity index (χ4v) is 3.78. The number of hydrogen-bond acceptors (Lipinski definition) is 2. The highest BCUT2D eigenvalue weighted by atomic mass is 79.9. The highest BCUT2D eigenvalue weighted by Crippen LogP contribution is 2.34. The summed E-state index contributed by atoms with van der Waals surface area (Å²) in [4.78, 5) is 0. The van der Waals surface area contributed by atoms with Gasteiger partial charge in [0.1, 0.15) is 0 Å². The normalized spacial score (nSPS) is 17.4. The molecule has 0 spiro atoms. The van der Waals surface area contributed by atoms with Crippen LogP contribution in [-0.4, -0.2) is 19.0 Å². The minimum atomic E-state index is 0.747. The molecule has 0 bridgehead atoms. The number of halogens is 1. The van der Waals surface area contributed by atoms with Gasteiger partial charge in [-0.05, 0) is 30.4 Å². The molecule has 0 heterocycles. The monoisotopic (exact) mass is 326 g/mol. The molecule has 1 atom stereocenters. The molecular formula is C16H23BrO2. The molecule has 2 rings (SSSR count). The van der Waals surface area contributed by atoms with Gasteiger partial charge in [-0.25, -0.2) is 0 Å². The Kier molecular flexibility index (Phi) is 6.02. The van der Waals surface area contributed by atoms with Gasteiger partial charge in [0.05, 0.1) is 13.7 Å². The number of hydrogen-bond donors (Lipinski definition) is 0. The number of alkyl halides is 1. The van der Waals surface area contributed by atoms with Crippen LogP contribution in [0.4, 0.5) is 0 Å². The van der Waals surface area contributed by atoms with Crippen LogP contribution in [-0.2, 0) is 0 Å². The minimum absolute atomic E-state index is 0.747. The molecule has 0 amide bonds. The summed E-state index contributed by atoms with van der Waals surface area (Å²) in [6.45, 7) is 0.771. The molecule has 1 aliphatic carbocycles. The van der Waals surface area contributed by atoms with Crippen LogP contribution in [0.15, 0.2) is 24.3 Å².